The monoisotopic (exact) mass is 429 g/mol. The van der Waals surface area contributed by atoms with Crippen LogP contribution < -0.4 is 10.6 Å². The molecule has 0 saturated heterocycles. The van der Waals surface area contributed by atoms with Crippen molar-refractivity contribution < 1.29 is 8.42 Å². The summed E-state index contributed by atoms with van der Waals surface area (Å²) in [6.45, 7) is 2.84. The van der Waals surface area contributed by atoms with Crippen LogP contribution in [0.4, 0.5) is 0 Å². The zero-order valence-electron chi connectivity index (χ0n) is 13.2. The first-order chi connectivity index (χ1) is 9.40. The first-order valence-electron chi connectivity index (χ1n) is 7.23. The molecule has 21 heavy (non-hydrogen) atoms. The summed E-state index contributed by atoms with van der Waals surface area (Å²) in [5.74, 6) is 0.940. The molecule has 0 bridgehead atoms. The molecule has 5 nitrogen and oxygen atoms in total. The average Bonchev–Trinajstić information content (AvgIpc) is 2.87. The van der Waals surface area contributed by atoms with Gasteiger partial charge in [-0.25, -0.2) is 8.42 Å². The number of sulfone groups is 1. The third-order valence-electron chi connectivity index (χ3n) is 3.40. The van der Waals surface area contributed by atoms with E-state index in [2.05, 4.69) is 21.7 Å². The van der Waals surface area contributed by atoms with Crippen LogP contribution in [-0.4, -0.2) is 46.0 Å². The molecule has 1 aliphatic carbocycles. The lowest BCUT2D eigenvalue weighted by molar-refractivity contribution is 0.581. The van der Waals surface area contributed by atoms with Crippen molar-refractivity contribution >= 4 is 39.8 Å². The SMILES string of the molecule is CN=C(NCCC1=CCCC1)NC(C)CCS(C)(=O)=O.I. The predicted octanol–water partition coefficient (Wildman–Crippen LogP) is 2.09. The van der Waals surface area contributed by atoms with Crippen molar-refractivity contribution in [3.63, 3.8) is 0 Å². The average molecular weight is 429 g/mol. The Morgan fingerprint density at radius 2 is 2.19 bits per heavy atom. The lowest BCUT2D eigenvalue weighted by Crippen LogP contribution is -2.43. The van der Waals surface area contributed by atoms with E-state index in [9.17, 15) is 8.42 Å². The summed E-state index contributed by atoms with van der Waals surface area (Å²) in [7, 11) is -1.17. The standard InChI is InChI=1S/C14H27N3O2S.HI/c1-12(9-11-20(3,18)19)17-14(15-2)16-10-8-13-6-4-5-7-13;/h6,12H,4-5,7-11H2,1-3H3,(H2,15,16,17);1H. The molecule has 0 amide bonds. The van der Waals surface area contributed by atoms with E-state index in [1.807, 2.05) is 6.92 Å². The number of nitrogens with one attached hydrogen (secondary N) is 2. The van der Waals surface area contributed by atoms with Gasteiger partial charge in [0.2, 0.25) is 0 Å². The Kier molecular flexibility index (Phi) is 10.3. The molecule has 1 unspecified atom stereocenters. The normalized spacial score (nSPS) is 16.9. The van der Waals surface area contributed by atoms with Gasteiger partial charge in [-0.2, -0.15) is 0 Å². The molecule has 0 spiro atoms. The molecule has 0 aromatic rings. The van der Waals surface area contributed by atoms with Crippen molar-refractivity contribution in [3.05, 3.63) is 11.6 Å². The molecule has 0 aliphatic heterocycles. The summed E-state index contributed by atoms with van der Waals surface area (Å²) in [6.07, 6.45) is 8.95. The zero-order valence-corrected chi connectivity index (χ0v) is 16.3. The van der Waals surface area contributed by atoms with E-state index in [-0.39, 0.29) is 35.8 Å². The molecular weight excluding hydrogens is 401 g/mol. The lowest BCUT2D eigenvalue weighted by atomic mass is 10.2. The van der Waals surface area contributed by atoms with Crippen LogP contribution in [0.3, 0.4) is 0 Å². The third kappa shape index (κ3) is 10.1. The van der Waals surface area contributed by atoms with Crippen molar-refractivity contribution in [2.75, 3.05) is 25.6 Å². The Bertz CT molecular complexity index is 461. The van der Waals surface area contributed by atoms with Crippen molar-refractivity contribution in [2.24, 2.45) is 4.99 Å². The van der Waals surface area contributed by atoms with Crippen LogP contribution in [0.15, 0.2) is 16.6 Å². The van der Waals surface area contributed by atoms with Gasteiger partial charge in [0.05, 0.1) is 5.75 Å². The van der Waals surface area contributed by atoms with Gasteiger partial charge in [0.1, 0.15) is 9.84 Å². The van der Waals surface area contributed by atoms with E-state index < -0.39 is 9.84 Å². The highest BCUT2D eigenvalue weighted by molar-refractivity contribution is 14.0. The molecule has 0 radical (unpaired) electrons. The summed E-state index contributed by atoms with van der Waals surface area (Å²) < 4.78 is 22.3. The van der Waals surface area contributed by atoms with Gasteiger partial charge in [0.25, 0.3) is 0 Å². The number of aliphatic imine (C=N–C) groups is 1. The third-order valence-corrected chi connectivity index (χ3v) is 4.38. The van der Waals surface area contributed by atoms with E-state index in [0.717, 1.165) is 18.9 Å². The highest BCUT2D eigenvalue weighted by Crippen LogP contribution is 2.19. The van der Waals surface area contributed by atoms with Crippen LogP contribution in [0.25, 0.3) is 0 Å². The maximum atomic E-state index is 11.1. The van der Waals surface area contributed by atoms with Crippen LogP contribution in [0.2, 0.25) is 0 Å². The van der Waals surface area contributed by atoms with Gasteiger partial charge in [-0.1, -0.05) is 11.6 Å². The minimum atomic E-state index is -2.90. The molecule has 0 fully saturated rings. The Morgan fingerprint density at radius 1 is 1.48 bits per heavy atom. The second-order valence-electron chi connectivity index (χ2n) is 5.47. The highest BCUT2D eigenvalue weighted by atomic mass is 127. The molecule has 0 aromatic carbocycles. The molecule has 7 heteroatoms. The Balaban J connectivity index is 0.00000400. The number of hydrogen-bond acceptors (Lipinski definition) is 3. The summed E-state index contributed by atoms with van der Waals surface area (Å²) >= 11 is 0. The van der Waals surface area contributed by atoms with Gasteiger partial charge in [-0.3, -0.25) is 4.99 Å². The van der Waals surface area contributed by atoms with E-state index in [1.165, 1.54) is 31.1 Å². The summed E-state index contributed by atoms with van der Waals surface area (Å²) in [6, 6.07) is 0.0848. The zero-order chi connectivity index (χ0) is 15.0. The fraction of sp³-hybridized carbons (Fsp3) is 0.786. The molecule has 0 heterocycles. The van der Waals surface area contributed by atoms with Gasteiger partial charge >= 0.3 is 0 Å². The number of rotatable bonds is 7. The number of halogens is 1. The van der Waals surface area contributed by atoms with E-state index >= 15 is 0 Å². The minimum absolute atomic E-state index is 0. The molecule has 124 valence electrons. The van der Waals surface area contributed by atoms with Crippen molar-refractivity contribution in [1.29, 1.82) is 0 Å². The molecule has 1 rings (SSSR count). The molecule has 1 aliphatic rings. The second-order valence-corrected chi connectivity index (χ2v) is 7.73. The van der Waals surface area contributed by atoms with Crippen LogP contribution in [0, 0.1) is 0 Å². The van der Waals surface area contributed by atoms with Gasteiger partial charge in [0.15, 0.2) is 5.96 Å². The Labute approximate surface area is 146 Å². The predicted molar refractivity (Wildman–Crippen MR) is 100 cm³/mol. The lowest BCUT2D eigenvalue weighted by Gasteiger charge is -2.17. The van der Waals surface area contributed by atoms with Crippen molar-refractivity contribution in [3.8, 4) is 0 Å². The van der Waals surface area contributed by atoms with Crippen LogP contribution in [0.5, 0.6) is 0 Å². The second kappa shape index (κ2) is 10.4. The molecule has 1 atom stereocenters. The van der Waals surface area contributed by atoms with E-state index in [1.54, 1.807) is 7.05 Å². The fourth-order valence-electron chi connectivity index (χ4n) is 2.20. The number of nitrogens with zero attached hydrogens (tertiary/aromatic N) is 1. The quantitative estimate of drug-likeness (QED) is 0.282. The smallest absolute Gasteiger partial charge is 0.191 e. The number of allylic oxidation sites excluding steroid dienone is 1. The van der Waals surface area contributed by atoms with Gasteiger partial charge in [-0.15, -0.1) is 24.0 Å². The fourth-order valence-corrected chi connectivity index (χ4v) is 2.98. The maximum absolute atomic E-state index is 11.1. The van der Waals surface area contributed by atoms with E-state index in [0.29, 0.717) is 6.42 Å². The summed E-state index contributed by atoms with van der Waals surface area (Å²) in [5.41, 5.74) is 1.53. The Morgan fingerprint density at radius 3 is 2.71 bits per heavy atom. The molecular formula is C14H28IN3O2S. The van der Waals surface area contributed by atoms with Crippen molar-refractivity contribution in [1.82, 2.24) is 10.6 Å². The van der Waals surface area contributed by atoms with E-state index in [4.69, 9.17) is 0 Å². The van der Waals surface area contributed by atoms with Gasteiger partial charge < -0.3 is 10.6 Å². The molecule has 2 N–H and O–H groups in total. The summed E-state index contributed by atoms with van der Waals surface area (Å²) in [4.78, 5) is 4.16. The Hall–Kier alpha value is -0.310. The van der Waals surface area contributed by atoms with Crippen LogP contribution >= 0.6 is 24.0 Å². The highest BCUT2D eigenvalue weighted by Gasteiger charge is 2.10. The first-order valence-corrected chi connectivity index (χ1v) is 9.29. The summed E-state index contributed by atoms with van der Waals surface area (Å²) in [5, 5.41) is 6.49. The topological polar surface area (TPSA) is 70.6 Å². The first kappa shape index (κ1) is 20.7. The molecule has 0 saturated carbocycles. The minimum Gasteiger partial charge on any atom is -0.356 e. The van der Waals surface area contributed by atoms with Crippen molar-refractivity contribution in [2.45, 2.75) is 45.1 Å². The van der Waals surface area contributed by atoms with Gasteiger partial charge in [0, 0.05) is 25.9 Å². The molecule has 0 aromatic heterocycles. The number of hydrogen-bond donors (Lipinski definition) is 2. The maximum Gasteiger partial charge on any atom is 0.191 e. The van der Waals surface area contributed by atoms with Crippen LogP contribution in [0.1, 0.15) is 39.0 Å². The number of guanidine groups is 1. The van der Waals surface area contributed by atoms with Gasteiger partial charge in [-0.05, 0) is 39.0 Å². The van der Waals surface area contributed by atoms with Crippen LogP contribution in [-0.2, 0) is 9.84 Å². The largest absolute Gasteiger partial charge is 0.356 e.